The Bertz CT molecular complexity index is 669. The summed E-state index contributed by atoms with van der Waals surface area (Å²) < 4.78 is 11.2. The van der Waals surface area contributed by atoms with Crippen molar-refractivity contribution in [1.82, 2.24) is 20.5 Å². The van der Waals surface area contributed by atoms with E-state index < -0.39 is 6.10 Å². The molecule has 2 fully saturated rings. The van der Waals surface area contributed by atoms with Crippen molar-refractivity contribution in [2.24, 2.45) is 0 Å². The highest BCUT2D eigenvalue weighted by Gasteiger charge is 2.33. The van der Waals surface area contributed by atoms with E-state index in [1.165, 1.54) is 0 Å². The lowest BCUT2D eigenvalue weighted by molar-refractivity contribution is -0.136. The molecule has 1 aromatic rings. The van der Waals surface area contributed by atoms with Crippen LogP contribution < -0.4 is 10.6 Å². The Morgan fingerprint density at radius 1 is 1.17 bits per heavy atom. The smallest absolute Gasteiger partial charge is 0.234 e. The third-order valence-corrected chi connectivity index (χ3v) is 5.51. The van der Waals surface area contributed by atoms with E-state index in [-0.39, 0.29) is 37.0 Å². The molecule has 0 bridgehead atoms. The molecule has 0 spiro atoms. The maximum atomic E-state index is 12.3. The van der Waals surface area contributed by atoms with Gasteiger partial charge in [-0.1, -0.05) is 0 Å². The van der Waals surface area contributed by atoms with E-state index in [1.807, 2.05) is 12.1 Å². The summed E-state index contributed by atoms with van der Waals surface area (Å²) in [4.78, 5) is 30.6. The van der Waals surface area contributed by atoms with Crippen molar-refractivity contribution in [2.45, 2.75) is 43.9 Å². The number of aromatic nitrogens is 1. The number of hydrogen-bond acceptors (Lipinski definition) is 7. The van der Waals surface area contributed by atoms with Crippen LogP contribution in [0.25, 0.3) is 0 Å². The number of carbonyl (C=O) groups is 2. The minimum atomic E-state index is -0.498. The number of nitrogens with one attached hydrogen (secondary N) is 2. The Morgan fingerprint density at radius 3 is 2.67 bits per heavy atom. The molecule has 3 N–H and O–H groups in total. The van der Waals surface area contributed by atoms with E-state index in [2.05, 4.69) is 20.5 Å². The molecule has 3 atom stereocenters. The summed E-state index contributed by atoms with van der Waals surface area (Å²) in [6.07, 6.45) is 5.05. The summed E-state index contributed by atoms with van der Waals surface area (Å²) in [5.41, 5.74) is 1.12. The van der Waals surface area contributed by atoms with Crippen LogP contribution in [0.3, 0.4) is 0 Å². The van der Waals surface area contributed by atoms with E-state index in [0.29, 0.717) is 39.1 Å². The van der Waals surface area contributed by atoms with Gasteiger partial charge in [0.25, 0.3) is 0 Å². The molecule has 1 aromatic heterocycles. The van der Waals surface area contributed by atoms with Crippen molar-refractivity contribution in [3.05, 3.63) is 30.1 Å². The predicted octanol–water partition coefficient (Wildman–Crippen LogP) is -0.513. The lowest BCUT2D eigenvalue weighted by Gasteiger charge is -2.36. The van der Waals surface area contributed by atoms with Crippen molar-refractivity contribution in [1.29, 1.82) is 0 Å². The number of pyridine rings is 1. The quantitative estimate of drug-likeness (QED) is 0.493. The number of morpholine rings is 1. The molecule has 9 heteroatoms. The molecule has 2 aliphatic heterocycles. The second-order valence-corrected chi connectivity index (χ2v) is 7.78. The van der Waals surface area contributed by atoms with Gasteiger partial charge in [0.1, 0.15) is 6.10 Å². The highest BCUT2D eigenvalue weighted by atomic mass is 16.5. The monoisotopic (exact) mass is 420 g/mol. The van der Waals surface area contributed by atoms with Gasteiger partial charge in [-0.3, -0.25) is 19.5 Å². The molecule has 0 aliphatic carbocycles. The predicted molar refractivity (Wildman–Crippen MR) is 110 cm³/mol. The van der Waals surface area contributed by atoms with E-state index in [9.17, 15) is 14.7 Å². The van der Waals surface area contributed by atoms with E-state index in [1.54, 1.807) is 12.4 Å². The zero-order valence-electron chi connectivity index (χ0n) is 17.3. The molecule has 3 rings (SSSR count). The molecule has 2 aliphatic rings. The summed E-state index contributed by atoms with van der Waals surface area (Å²) in [6.45, 7) is 3.46. The molecule has 0 saturated carbocycles. The highest BCUT2D eigenvalue weighted by molar-refractivity contribution is 5.78. The number of hydrogen-bond donors (Lipinski definition) is 3. The topological polar surface area (TPSA) is 113 Å². The molecule has 9 nitrogen and oxygen atoms in total. The van der Waals surface area contributed by atoms with Gasteiger partial charge >= 0.3 is 0 Å². The Balaban J connectivity index is 1.36. The van der Waals surface area contributed by atoms with Gasteiger partial charge in [0.05, 0.1) is 44.9 Å². The van der Waals surface area contributed by atoms with Crippen LogP contribution in [-0.2, 0) is 25.5 Å². The van der Waals surface area contributed by atoms with Crippen LogP contribution in [-0.4, -0.2) is 91.1 Å². The number of amides is 2. The maximum Gasteiger partial charge on any atom is 0.234 e. The van der Waals surface area contributed by atoms with Crippen molar-refractivity contribution in [3.63, 3.8) is 0 Å². The first-order chi connectivity index (χ1) is 14.6. The normalized spacial score (nSPS) is 24.9. The number of ether oxygens (including phenoxy) is 2. The van der Waals surface area contributed by atoms with Gasteiger partial charge in [-0.15, -0.1) is 0 Å². The first-order valence-electron chi connectivity index (χ1n) is 10.7. The van der Waals surface area contributed by atoms with E-state index in [4.69, 9.17) is 9.47 Å². The summed E-state index contributed by atoms with van der Waals surface area (Å²) in [6, 6.07) is 3.61. The molecule has 0 radical (unpaired) electrons. The van der Waals surface area contributed by atoms with Crippen molar-refractivity contribution >= 4 is 11.8 Å². The van der Waals surface area contributed by atoms with Crippen LogP contribution >= 0.6 is 0 Å². The molecule has 2 amide bonds. The van der Waals surface area contributed by atoms with Gasteiger partial charge in [0, 0.05) is 32.0 Å². The zero-order chi connectivity index (χ0) is 21.2. The van der Waals surface area contributed by atoms with Gasteiger partial charge < -0.3 is 25.2 Å². The fraction of sp³-hybridized carbons (Fsp3) is 0.667. The highest BCUT2D eigenvalue weighted by Crippen LogP contribution is 2.22. The first-order valence-corrected chi connectivity index (χ1v) is 10.7. The molecular formula is C21H32N4O5. The van der Waals surface area contributed by atoms with Gasteiger partial charge in [0.2, 0.25) is 11.8 Å². The fourth-order valence-corrected chi connectivity index (χ4v) is 3.84. The van der Waals surface area contributed by atoms with E-state index in [0.717, 1.165) is 25.1 Å². The fourth-order valence-electron chi connectivity index (χ4n) is 3.84. The Morgan fingerprint density at radius 2 is 1.93 bits per heavy atom. The third kappa shape index (κ3) is 7.32. The van der Waals surface area contributed by atoms with E-state index >= 15 is 0 Å². The van der Waals surface area contributed by atoms with Crippen molar-refractivity contribution < 1.29 is 24.2 Å². The largest absolute Gasteiger partial charge is 0.394 e. The molecule has 0 aromatic carbocycles. The second kappa shape index (κ2) is 11.9. The SMILES string of the molecule is O=C(C[C@@H]1CC[C@H](NC(=O)CN2CCOCC2)[C@@H](CO)O1)NCCc1ccncc1. The van der Waals surface area contributed by atoms with Crippen LogP contribution in [0.1, 0.15) is 24.8 Å². The average molecular weight is 421 g/mol. The van der Waals surface area contributed by atoms with Gasteiger partial charge in [-0.05, 0) is 37.0 Å². The van der Waals surface area contributed by atoms with Gasteiger partial charge in [0.15, 0.2) is 0 Å². The van der Waals surface area contributed by atoms with Gasteiger partial charge in [-0.2, -0.15) is 0 Å². The molecule has 30 heavy (non-hydrogen) atoms. The molecule has 166 valence electrons. The number of carbonyl (C=O) groups excluding carboxylic acids is 2. The second-order valence-electron chi connectivity index (χ2n) is 7.78. The summed E-state index contributed by atoms with van der Waals surface area (Å²) in [5.74, 6) is -0.142. The summed E-state index contributed by atoms with van der Waals surface area (Å²) in [7, 11) is 0. The number of aliphatic hydroxyl groups is 1. The summed E-state index contributed by atoms with van der Waals surface area (Å²) in [5, 5.41) is 15.6. The number of nitrogens with zero attached hydrogens (tertiary/aromatic N) is 2. The standard InChI is InChI=1S/C21H32N4O5/c26-15-19-18(24-21(28)14-25-9-11-29-12-10-25)2-1-17(30-19)13-20(27)23-8-5-16-3-6-22-7-4-16/h3-4,6-7,17-19,26H,1-2,5,8-15H2,(H,23,27)(H,24,28)/t17-,18-,19+/m0/s1. The number of aliphatic hydroxyl groups excluding tert-OH is 1. The Kier molecular flexibility index (Phi) is 9.00. The average Bonchev–Trinajstić information content (AvgIpc) is 2.76. The van der Waals surface area contributed by atoms with Crippen LogP contribution in [0.4, 0.5) is 0 Å². The molecular weight excluding hydrogens is 388 g/mol. The minimum absolute atomic E-state index is 0.0689. The van der Waals surface area contributed by atoms with Crippen molar-refractivity contribution in [3.8, 4) is 0 Å². The maximum absolute atomic E-state index is 12.3. The zero-order valence-corrected chi connectivity index (χ0v) is 17.3. The molecule has 3 heterocycles. The lowest BCUT2D eigenvalue weighted by Crippen LogP contribution is -2.53. The minimum Gasteiger partial charge on any atom is -0.394 e. The van der Waals surface area contributed by atoms with Gasteiger partial charge in [-0.25, -0.2) is 0 Å². The molecule has 0 unspecified atom stereocenters. The van der Waals surface area contributed by atoms with Crippen molar-refractivity contribution in [2.75, 3.05) is 46.0 Å². The number of rotatable bonds is 9. The summed E-state index contributed by atoms with van der Waals surface area (Å²) >= 11 is 0. The Labute approximate surface area is 177 Å². The molecule has 2 saturated heterocycles. The van der Waals surface area contributed by atoms with Crippen LogP contribution in [0.5, 0.6) is 0 Å². The Hall–Kier alpha value is -2.07. The third-order valence-electron chi connectivity index (χ3n) is 5.51. The van der Waals surface area contributed by atoms with Crippen LogP contribution in [0.2, 0.25) is 0 Å². The lowest BCUT2D eigenvalue weighted by atomic mass is 9.97. The first kappa shape index (κ1) is 22.6. The van der Waals surface area contributed by atoms with Crippen LogP contribution in [0, 0.1) is 0 Å². The van der Waals surface area contributed by atoms with Crippen LogP contribution in [0.15, 0.2) is 24.5 Å².